The lowest BCUT2D eigenvalue weighted by Gasteiger charge is -2.19. The summed E-state index contributed by atoms with van der Waals surface area (Å²) in [7, 11) is 0. The first kappa shape index (κ1) is 20.2. The molecule has 1 aliphatic heterocycles. The molecule has 1 aromatic rings. The van der Waals surface area contributed by atoms with E-state index >= 15 is 0 Å². The fraction of sp³-hybridized carbons (Fsp3) is 0.737. The zero-order valence-corrected chi connectivity index (χ0v) is 16.8. The van der Waals surface area contributed by atoms with Gasteiger partial charge in [0, 0.05) is 24.4 Å². The highest BCUT2D eigenvalue weighted by Gasteiger charge is 2.11. The van der Waals surface area contributed by atoms with E-state index < -0.39 is 0 Å². The molecule has 1 amide bonds. The van der Waals surface area contributed by atoms with E-state index in [0.717, 1.165) is 41.6 Å². The van der Waals surface area contributed by atoms with Crippen LogP contribution in [-0.2, 0) is 11.2 Å². The Kier molecular flexibility index (Phi) is 8.68. The van der Waals surface area contributed by atoms with Crippen molar-refractivity contribution in [2.75, 3.05) is 32.4 Å². The van der Waals surface area contributed by atoms with Crippen molar-refractivity contribution in [3.63, 3.8) is 0 Å². The summed E-state index contributed by atoms with van der Waals surface area (Å²) >= 11 is 1.55. The number of thioether (sulfide) groups is 1. The van der Waals surface area contributed by atoms with Gasteiger partial charge in [-0.2, -0.15) is 0 Å². The van der Waals surface area contributed by atoms with Gasteiger partial charge in [-0.1, -0.05) is 24.6 Å². The van der Waals surface area contributed by atoms with Crippen molar-refractivity contribution in [3.05, 3.63) is 17.0 Å². The van der Waals surface area contributed by atoms with Crippen molar-refractivity contribution < 1.29 is 4.79 Å². The van der Waals surface area contributed by atoms with E-state index in [2.05, 4.69) is 20.2 Å². The average Bonchev–Trinajstić information content (AvgIpc) is 2.86. The highest BCUT2D eigenvalue weighted by Crippen LogP contribution is 2.17. The molecular formula is C19H32N4OS. The van der Waals surface area contributed by atoms with Gasteiger partial charge in [0.15, 0.2) is 5.16 Å². The Morgan fingerprint density at radius 1 is 1.12 bits per heavy atom. The maximum atomic E-state index is 12.1. The molecule has 2 rings (SSSR count). The summed E-state index contributed by atoms with van der Waals surface area (Å²) < 4.78 is 0. The molecule has 25 heavy (non-hydrogen) atoms. The Labute approximate surface area is 156 Å². The molecule has 1 fully saturated rings. The number of carbonyl (C=O) groups excluding carboxylic acids is 1. The molecule has 0 unspecified atom stereocenters. The van der Waals surface area contributed by atoms with Crippen LogP contribution in [0.1, 0.15) is 55.5 Å². The minimum Gasteiger partial charge on any atom is -0.356 e. The molecule has 1 N–H and O–H groups in total. The number of aryl methyl sites for hydroxylation is 2. The third-order valence-electron chi connectivity index (χ3n) is 4.86. The lowest BCUT2D eigenvalue weighted by Crippen LogP contribution is -2.30. The van der Waals surface area contributed by atoms with Gasteiger partial charge < -0.3 is 10.2 Å². The largest absolute Gasteiger partial charge is 0.356 e. The third-order valence-corrected chi connectivity index (χ3v) is 5.40. The second kappa shape index (κ2) is 10.8. The highest BCUT2D eigenvalue weighted by molar-refractivity contribution is 7.98. The van der Waals surface area contributed by atoms with E-state index in [9.17, 15) is 4.79 Å². The molecule has 1 aliphatic rings. The van der Waals surface area contributed by atoms with Gasteiger partial charge in [-0.05, 0) is 71.0 Å². The van der Waals surface area contributed by atoms with E-state index in [1.807, 2.05) is 20.1 Å². The monoisotopic (exact) mass is 364 g/mol. The Morgan fingerprint density at radius 2 is 1.76 bits per heavy atom. The van der Waals surface area contributed by atoms with Crippen LogP contribution in [0, 0.1) is 13.8 Å². The first-order chi connectivity index (χ1) is 12.1. The quantitative estimate of drug-likeness (QED) is 0.436. The summed E-state index contributed by atoms with van der Waals surface area (Å²) in [5.41, 5.74) is 3.09. The summed E-state index contributed by atoms with van der Waals surface area (Å²) in [4.78, 5) is 23.6. The molecule has 0 bridgehead atoms. The molecule has 5 nitrogen and oxygen atoms in total. The molecule has 0 aromatic carbocycles. The van der Waals surface area contributed by atoms with E-state index in [1.54, 1.807) is 11.8 Å². The van der Waals surface area contributed by atoms with Crippen LogP contribution in [0.4, 0.5) is 0 Å². The molecule has 0 spiro atoms. The predicted molar refractivity (Wildman–Crippen MR) is 104 cm³/mol. The summed E-state index contributed by atoms with van der Waals surface area (Å²) in [5, 5.41) is 3.86. The average molecular weight is 365 g/mol. The first-order valence-electron chi connectivity index (χ1n) is 9.47. The first-order valence-corrected chi connectivity index (χ1v) is 10.7. The number of nitrogens with one attached hydrogen (secondary N) is 1. The maximum absolute atomic E-state index is 12.1. The number of hydrogen-bond donors (Lipinski definition) is 1. The topological polar surface area (TPSA) is 58.1 Å². The van der Waals surface area contributed by atoms with Crippen LogP contribution in [0.15, 0.2) is 5.16 Å². The summed E-state index contributed by atoms with van der Waals surface area (Å²) in [6.07, 6.45) is 9.62. The number of hydrogen-bond acceptors (Lipinski definition) is 5. The maximum Gasteiger partial charge on any atom is 0.220 e. The van der Waals surface area contributed by atoms with Gasteiger partial charge in [0.1, 0.15) is 0 Å². The zero-order chi connectivity index (χ0) is 18.1. The summed E-state index contributed by atoms with van der Waals surface area (Å²) in [5.74, 6) is 0.128. The number of nitrogens with zero attached hydrogens (tertiary/aromatic N) is 3. The Hall–Kier alpha value is -1.14. The van der Waals surface area contributed by atoms with E-state index in [1.165, 1.54) is 38.8 Å². The molecule has 2 heterocycles. The fourth-order valence-electron chi connectivity index (χ4n) is 3.38. The number of rotatable bonds is 8. The number of amides is 1. The van der Waals surface area contributed by atoms with Gasteiger partial charge >= 0.3 is 0 Å². The van der Waals surface area contributed by atoms with Gasteiger partial charge in [-0.25, -0.2) is 9.97 Å². The van der Waals surface area contributed by atoms with Crippen molar-refractivity contribution in [1.82, 2.24) is 20.2 Å². The normalized spacial score (nSPS) is 15.8. The van der Waals surface area contributed by atoms with Crippen LogP contribution < -0.4 is 5.32 Å². The lowest BCUT2D eigenvalue weighted by molar-refractivity contribution is -0.121. The highest BCUT2D eigenvalue weighted by atomic mass is 32.2. The molecule has 0 atom stereocenters. The Balaban J connectivity index is 1.67. The van der Waals surface area contributed by atoms with Crippen LogP contribution in [-0.4, -0.2) is 53.2 Å². The predicted octanol–water partition coefficient (Wildman–Crippen LogP) is 3.13. The smallest absolute Gasteiger partial charge is 0.220 e. The van der Waals surface area contributed by atoms with Gasteiger partial charge in [0.2, 0.25) is 5.91 Å². The number of aromatic nitrogens is 2. The van der Waals surface area contributed by atoms with E-state index in [0.29, 0.717) is 12.8 Å². The minimum atomic E-state index is 0.128. The fourth-order valence-corrected chi connectivity index (χ4v) is 3.84. The Morgan fingerprint density at radius 3 is 2.36 bits per heavy atom. The van der Waals surface area contributed by atoms with Gasteiger partial charge in [0.25, 0.3) is 0 Å². The minimum absolute atomic E-state index is 0.128. The van der Waals surface area contributed by atoms with Gasteiger partial charge in [-0.3, -0.25) is 4.79 Å². The molecule has 0 saturated carbocycles. The lowest BCUT2D eigenvalue weighted by atomic mass is 10.1. The second-order valence-electron chi connectivity index (χ2n) is 6.82. The van der Waals surface area contributed by atoms with Crippen molar-refractivity contribution in [1.29, 1.82) is 0 Å². The molecular weight excluding hydrogens is 332 g/mol. The van der Waals surface area contributed by atoms with E-state index in [4.69, 9.17) is 0 Å². The SMILES string of the molecule is CSc1nc(C)c(CCC(=O)NCCCN2CCCCCC2)c(C)n1. The number of carbonyl (C=O) groups is 1. The molecule has 1 aromatic heterocycles. The summed E-state index contributed by atoms with van der Waals surface area (Å²) in [6, 6.07) is 0. The second-order valence-corrected chi connectivity index (χ2v) is 7.59. The van der Waals surface area contributed by atoms with Crippen LogP contribution in [0.5, 0.6) is 0 Å². The summed E-state index contributed by atoms with van der Waals surface area (Å²) in [6.45, 7) is 8.32. The molecule has 140 valence electrons. The van der Waals surface area contributed by atoms with Crippen molar-refractivity contribution in [3.8, 4) is 0 Å². The van der Waals surface area contributed by atoms with Crippen molar-refractivity contribution in [2.45, 2.75) is 63.9 Å². The molecule has 6 heteroatoms. The Bertz CT molecular complexity index is 533. The van der Waals surface area contributed by atoms with Crippen LogP contribution >= 0.6 is 11.8 Å². The van der Waals surface area contributed by atoms with E-state index in [-0.39, 0.29) is 5.91 Å². The van der Waals surface area contributed by atoms with Crippen molar-refractivity contribution >= 4 is 17.7 Å². The molecule has 1 saturated heterocycles. The van der Waals surface area contributed by atoms with Gasteiger partial charge in [0.05, 0.1) is 0 Å². The molecule has 0 radical (unpaired) electrons. The van der Waals surface area contributed by atoms with Crippen LogP contribution in [0.25, 0.3) is 0 Å². The van der Waals surface area contributed by atoms with Gasteiger partial charge in [-0.15, -0.1) is 0 Å². The van der Waals surface area contributed by atoms with Crippen LogP contribution in [0.2, 0.25) is 0 Å². The standard InChI is InChI=1S/C19H32N4OS/c1-15-17(16(2)22-19(21-15)25-3)9-10-18(24)20-11-8-14-23-12-6-4-5-7-13-23/h4-14H2,1-3H3,(H,20,24). The van der Waals surface area contributed by atoms with Crippen LogP contribution in [0.3, 0.4) is 0 Å². The third kappa shape index (κ3) is 6.94. The zero-order valence-electron chi connectivity index (χ0n) is 15.9. The number of likely N-dealkylation sites (tertiary alicyclic amines) is 1. The molecule has 0 aliphatic carbocycles. The van der Waals surface area contributed by atoms with Crippen molar-refractivity contribution in [2.24, 2.45) is 0 Å².